The van der Waals surface area contributed by atoms with Crippen LogP contribution in [-0.2, 0) is 0 Å². The quantitative estimate of drug-likeness (QED) is 0.443. The van der Waals surface area contributed by atoms with Gasteiger partial charge in [-0.15, -0.1) is 0 Å². The molecule has 0 aliphatic heterocycles. The van der Waals surface area contributed by atoms with Gasteiger partial charge in [-0.2, -0.15) is 9.97 Å². The zero-order valence-electron chi connectivity index (χ0n) is 10.7. The van der Waals surface area contributed by atoms with Crippen molar-refractivity contribution in [3.05, 3.63) is 6.07 Å². The van der Waals surface area contributed by atoms with Crippen molar-refractivity contribution in [1.82, 2.24) is 9.97 Å². The molecule has 6 heteroatoms. The molecule has 0 aromatic carbocycles. The molecule has 0 fully saturated rings. The molecule has 1 heterocycles. The highest BCUT2D eigenvalue weighted by atomic mass is 15.3. The normalized spacial score (nSPS) is 14.1. The van der Waals surface area contributed by atoms with Crippen LogP contribution >= 0.6 is 0 Å². The van der Waals surface area contributed by atoms with E-state index in [4.69, 9.17) is 11.6 Å². The van der Waals surface area contributed by atoms with Crippen molar-refractivity contribution in [3.63, 3.8) is 0 Å². The largest absolute Gasteiger partial charge is 0.368 e. The minimum atomic E-state index is 0.207. The third-order valence-electron chi connectivity index (χ3n) is 2.74. The lowest BCUT2D eigenvalue weighted by atomic mass is 10.0. The second-order valence-electron chi connectivity index (χ2n) is 4.44. The number of aromatic nitrogens is 2. The van der Waals surface area contributed by atoms with Gasteiger partial charge in [-0.25, -0.2) is 5.84 Å². The highest BCUT2D eigenvalue weighted by molar-refractivity contribution is 5.50. The van der Waals surface area contributed by atoms with Gasteiger partial charge in [-0.05, 0) is 19.3 Å². The van der Waals surface area contributed by atoms with E-state index < -0.39 is 0 Å². The fourth-order valence-electron chi connectivity index (χ4n) is 1.70. The van der Waals surface area contributed by atoms with Gasteiger partial charge in [0.2, 0.25) is 5.95 Å². The summed E-state index contributed by atoms with van der Waals surface area (Å²) in [6.45, 7) is 6.55. The maximum atomic E-state index is 5.58. The van der Waals surface area contributed by atoms with Gasteiger partial charge in [0.25, 0.3) is 0 Å². The molecule has 0 aliphatic carbocycles. The van der Waals surface area contributed by atoms with Crippen molar-refractivity contribution >= 4 is 17.6 Å². The first-order valence-corrected chi connectivity index (χ1v) is 5.92. The summed E-state index contributed by atoms with van der Waals surface area (Å²) in [6, 6.07) is 2.08. The van der Waals surface area contributed by atoms with E-state index in [0.29, 0.717) is 23.6 Å². The third-order valence-corrected chi connectivity index (χ3v) is 2.74. The van der Waals surface area contributed by atoms with Crippen molar-refractivity contribution in [3.8, 4) is 0 Å². The Labute approximate surface area is 102 Å². The predicted molar refractivity (Wildman–Crippen MR) is 71.4 cm³/mol. The monoisotopic (exact) mass is 238 g/mol. The highest BCUT2D eigenvalue weighted by Crippen LogP contribution is 2.16. The van der Waals surface area contributed by atoms with Gasteiger partial charge < -0.3 is 16.5 Å². The number of hydrogen-bond donors (Lipinski definition) is 4. The number of rotatable bonds is 6. The van der Waals surface area contributed by atoms with Gasteiger partial charge in [0.05, 0.1) is 0 Å². The first-order chi connectivity index (χ1) is 8.05. The number of anilines is 3. The Morgan fingerprint density at radius 2 is 1.94 bits per heavy atom. The summed E-state index contributed by atoms with van der Waals surface area (Å²) in [5.74, 6) is 7.39. The minimum Gasteiger partial charge on any atom is -0.368 e. The van der Waals surface area contributed by atoms with Crippen LogP contribution < -0.4 is 22.3 Å². The Balaban J connectivity index is 2.64. The van der Waals surface area contributed by atoms with Gasteiger partial charge in [-0.1, -0.05) is 20.3 Å². The maximum Gasteiger partial charge on any atom is 0.223 e. The summed E-state index contributed by atoms with van der Waals surface area (Å²) in [7, 11) is 0. The van der Waals surface area contributed by atoms with Crippen LogP contribution in [0.5, 0.6) is 0 Å². The SMILES string of the molecule is CCC(C)CC(C)Nc1cc(NN)nc(N)n1. The number of hydrogen-bond acceptors (Lipinski definition) is 6. The van der Waals surface area contributed by atoms with Crippen molar-refractivity contribution in [1.29, 1.82) is 0 Å². The van der Waals surface area contributed by atoms with Crippen molar-refractivity contribution in [2.24, 2.45) is 11.8 Å². The molecule has 1 aromatic rings. The van der Waals surface area contributed by atoms with Crippen LogP contribution in [0.2, 0.25) is 0 Å². The molecular weight excluding hydrogens is 216 g/mol. The van der Waals surface area contributed by atoms with E-state index in [0.717, 1.165) is 6.42 Å². The van der Waals surface area contributed by atoms with Gasteiger partial charge in [0.15, 0.2) is 0 Å². The van der Waals surface area contributed by atoms with E-state index in [1.807, 2.05) is 0 Å². The zero-order valence-corrected chi connectivity index (χ0v) is 10.7. The standard InChI is InChI=1S/C11H22N6/c1-4-7(2)5-8(3)14-9-6-10(17-13)16-11(12)15-9/h6-8H,4-5,13H2,1-3H3,(H4,12,14,15,16,17). The molecule has 2 unspecified atom stereocenters. The molecule has 0 bridgehead atoms. The molecule has 1 rings (SSSR count). The molecule has 0 saturated carbocycles. The molecule has 2 atom stereocenters. The van der Waals surface area contributed by atoms with Crippen LogP contribution in [0.4, 0.5) is 17.6 Å². The number of nitrogens with two attached hydrogens (primary N) is 2. The van der Waals surface area contributed by atoms with Gasteiger partial charge in [-0.3, -0.25) is 0 Å². The highest BCUT2D eigenvalue weighted by Gasteiger charge is 2.09. The summed E-state index contributed by atoms with van der Waals surface area (Å²) >= 11 is 0. The molecule has 6 N–H and O–H groups in total. The Kier molecular flexibility index (Phi) is 4.96. The molecule has 0 saturated heterocycles. The Morgan fingerprint density at radius 1 is 1.29 bits per heavy atom. The van der Waals surface area contributed by atoms with Crippen molar-refractivity contribution in [2.45, 2.75) is 39.7 Å². The first-order valence-electron chi connectivity index (χ1n) is 5.92. The summed E-state index contributed by atoms with van der Waals surface area (Å²) in [4.78, 5) is 8.04. The van der Waals surface area contributed by atoms with Crippen LogP contribution in [0.1, 0.15) is 33.6 Å². The topological polar surface area (TPSA) is 102 Å². The second kappa shape index (κ2) is 6.24. The second-order valence-corrected chi connectivity index (χ2v) is 4.44. The summed E-state index contributed by atoms with van der Waals surface area (Å²) in [5.41, 5.74) is 8.04. The average molecular weight is 238 g/mol. The maximum absolute atomic E-state index is 5.58. The van der Waals surface area contributed by atoms with E-state index >= 15 is 0 Å². The van der Waals surface area contributed by atoms with Crippen molar-refractivity contribution in [2.75, 3.05) is 16.5 Å². The smallest absolute Gasteiger partial charge is 0.223 e. The molecule has 96 valence electrons. The number of nitrogen functional groups attached to an aromatic ring is 2. The fraction of sp³-hybridized carbons (Fsp3) is 0.636. The summed E-state index contributed by atoms with van der Waals surface area (Å²) < 4.78 is 0. The van der Waals surface area contributed by atoms with Crippen LogP contribution in [0.25, 0.3) is 0 Å². The zero-order chi connectivity index (χ0) is 12.8. The molecule has 1 aromatic heterocycles. The van der Waals surface area contributed by atoms with Crippen LogP contribution in [0.15, 0.2) is 6.07 Å². The number of nitrogens with zero attached hydrogens (tertiary/aromatic N) is 2. The summed E-state index contributed by atoms with van der Waals surface area (Å²) in [6.07, 6.45) is 2.26. The van der Waals surface area contributed by atoms with Gasteiger partial charge in [0, 0.05) is 12.1 Å². The summed E-state index contributed by atoms with van der Waals surface area (Å²) in [5, 5.41) is 3.30. The number of hydrazine groups is 1. The fourth-order valence-corrected chi connectivity index (χ4v) is 1.70. The lowest BCUT2D eigenvalue weighted by molar-refractivity contribution is 0.483. The van der Waals surface area contributed by atoms with E-state index in [1.165, 1.54) is 6.42 Å². The molecule has 0 spiro atoms. The Bertz CT molecular complexity index is 354. The van der Waals surface area contributed by atoms with Crippen LogP contribution in [0, 0.1) is 5.92 Å². The lowest BCUT2D eigenvalue weighted by Gasteiger charge is -2.18. The predicted octanol–water partition coefficient (Wildman–Crippen LogP) is 1.58. The Hall–Kier alpha value is -1.56. The molecule has 17 heavy (non-hydrogen) atoms. The van der Waals surface area contributed by atoms with Gasteiger partial charge >= 0.3 is 0 Å². The average Bonchev–Trinajstić information content (AvgIpc) is 2.27. The minimum absolute atomic E-state index is 0.207. The van der Waals surface area contributed by atoms with E-state index in [9.17, 15) is 0 Å². The van der Waals surface area contributed by atoms with E-state index in [2.05, 4.69) is 41.5 Å². The molecule has 0 radical (unpaired) electrons. The molecule has 0 amide bonds. The van der Waals surface area contributed by atoms with Gasteiger partial charge in [0.1, 0.15) is 11.6 Å². The lowest BCUT2D eigenvalue weighted by Crippen LogP contribution is -2.20. The van der Waals surface area contributed by atoms with E-state index in [-0.39, 0.29) is 5.95 Å². The Morgan fingerprint density at radius 3 is 2.53 bits per heavy atom. The van der Waals surface area contributed by atoms with Crippen LogP contribution in [0.3, 0.4) is 0 Å². The number of nitrogens with one attached hydrogen (secondary N) is 2. The van der Waals surface area contributed by atoms with E-state index in [1.54, 1.807) is 6.07 Å². The van der Waals surface area contributed by atoms with Crippen LogP contribution in [-0.4, -0.2) is 16.0 Å². The van der Waals surface area contributed by atoms with Crippen molar-refractivity contribution < 1.29 is 0 Å². The molecule has 6 nitrogen and oxygen atoms in total. The third kappa shape index (κ3) is 4.44. The molecular formula is C11H22N6. The molecule has 0 aliphatic rings. The first kappa shape index (κ1) is 13.5.